The lowest BCUT2D eigenvalue weighted by molar-refractivity contribution is -0.126. The number of hydrogen-bond acceptors (Lipinski definition) is 4. The van der Waals surface area contributed by atoms with Crippen molar-refractivity contribution in [2.45, 2.75) is 32.2 Å². The van der Waals surface area contributed by atoms with Gasteiger partial charge in [-0.2, -0.15) is 0 Å². The largest absolute Gasteiger partial charge is 0.493 e. The van der Waals surface area contributed by atoms with Crippen molar-refractivity contribution >= 4 is 17.5 Å². The first-order valence-electron chi connectivity index (χ1n) is 10.5. The number of hydrogen-bond donors (Lipinski definition) is 1. The van der Waals surface area contributed by atoms with E-state index in [1.807, 2.05) is 36.4 Å². The van der Waals surface area contributed by atoms with E-state index in [1.165, 1.54) is 11.1 Å². The lowest BCUT2D eigenvalue weighted by Gasteiger charge is -2.31. The second kappa shape index (κ2) is 11.2. The third kappa shape index (κ3) is 6.38. The Morgan fingerprint density at radius 3 is 2.53 bits per heavy atom. The Morgan fingerprint density at radius 1 is 1.07 bits per heavy atom. The molecule has 1 aliphatic rings. The topological polar surface area (TPSA) is 50.8 Å². The average molecular weight is 431 g/mol. The van der Waals surface area contributed by atoms with E-state index in [9.17, 15) is 4.79 Å². The Balaban J connectivity index is 1.36. The van der Waals surface area contributed by atoms with Crippen LogP contribution >= 0.6 is 11.6 Å². The number of ether oxygens (including phenoxy) is 2. The molecule has 0 aliphatic carbocycles. The highest BCUT2D eigenvalue weighted by Gasteiger charge is 2.24. The summed E-state index contributed by atoms with van der Waals surface area (Å²) in [6.07, 6.45) is 3.59. The Hall–Kier alpha value is -2.24. The van der Waals surface area contributed by atoms with Crippen LogP contribution in [0.4, 0.5) is 0 Å². The van der Waals surface area contributed by atoms with Crippen molar-refractivity contribution < 1.29 is 14.3 Å². The minimum absolute atomic E-state index is 0.113. The molecule has 162 valence electrons. The monoisotopic (exact) mass is 430 g/mol. The van der Waals surface area contributed by atoms with Gasteiger partial charge in [0, 0.05) is 24.0 Å². The van der Waals surface area contributed by atoms with Gasteiger partial charge < -0.3 is 14.8 Å². The predicted octanol–water partition coefficient (Wildman–Crippen LogP) is 4.32. The first kappa shape index (κ1) is 22.4. The fraction of sp³-hybridized carbons (Fsp3) is 0.458. The molecule has 0 bridgehead atoms. The molecule has 1 heterocycles. The van der Waals surface area contributed by atoms with Gasteiger partial charge in [-0.25, -0.2) is 0 Å². The number of methoxy groups -OCH3 is 2. The lowest BCUT2D eigenvalue weighted by atomic mass is 9.95. The van der Waals surface area contributed by atoms with E-state index in [1.54, 1.807) is 14.2 Å². The summed E-state index contributed by atoms with van der Waals surface area (Å²) in [5, 5.41) is 3.89. The van der Waals surface area contributed by atoms with Crippen molar-refractivity contribution in [3.05, 3.63) is 58.6 Å². The van der Waals surface area contributed by atoms with E-state index in [0.29, 0.717) is 6.54 Å². The van der Waals surface area contributed by atoms with Gasteiger partial charge in [0.05, 0.1) is 14.2 Å². The van der Waals surface area contributed by atoms with Crippen LogP contribution in [0.2, 0.25) is 5.02 Å². The molecule has 30 heavy (non-hydrogen) atoms. The number of rotatable bonds is 9. The molecule has 0 saturated carbocycles. The fourth-order valence-electron chi connectivity index (χ4n) is 3.93. The van der Waals surface area contributed by atoms with Gasteiger partial charge in [0.2, 0.25) is 5.91 Å². The predicted molar refractivity (Wildman–Crippen MR) is 120 cm³/mol. The summed E-state index contributed by atoms with van der Waals surface area (Å²) in [7, 11) is 3.27. The van der Waals surface area contributed by atoms with Crippen molar-refractivity contribution in [1.29, 1.82) is 0 Å². The van der Waals surface area contributed by atoms with Gasteiger partial charge in [-0.3, -0.25) is 9.69 Å². The summed E-state index contributed by atoms with van der Waals surface area (Å²) in [5.74, 6) is 1.77. The molecule has 5 nitrogen and oxygen atoms in total. The van der Waals surface area contributed by atoms with Crippen LogP contribution in [0.15, 0.2) is 42.5 Å². The lowest BCUT2D eigenvalue weighted by Crippen LogP contribution is -2.40. The number of nitrogens with one attached hydrogen (secondary N) is 1. The number of carbonyl (C=O) groups excluding carboxylic acids is 1. The average Bonchev–Trinajstić information content (AvgIpc) is 2.77. The van der Waals surface area contributed by atoms with Crippen molar-refractivity contribution in [1.82, 2.24) is 10.2 Å². The first-order chi connectivity index (χ1) is 14.6. The Bertz CT molecular complexity index is 835. The van der Waals surface area contributed by atoms with Crippen molar-refractivity contribution in [2.75, 3.05) is 33.9 Å². The molecule has 3 rings (SSSR count). The number of aryl methyl sites for hydroxylation is 1. The third-order valence-electron chi connectivity index (χ3n) is 5.64. The molecule has 1 saturated heterocycles. The molecule has 2 aromatic carbocycles. The summed E-state index contributed by atoms with van der Waals surface area (Å²) >= 11 is 6.07. The van der Waals surface area contributed by atoms with Crippen LogP contribution in [0.25, 0.3) is 0 Å². The number of benzene rings is 2. The van der Waals surface area contributed by atoms with Crippen LogP contribution in [0.1, 0.15) is 30.4 Å². The van der Waals surface area contributed by atoms with Gasteiger partial charge in [0.15, 0.2) is 11.5 Å². The van der Waals surface area contributed by atoms with Gasteiger partial charge >= 0.3 is 0 Å². The van der Waals surface area contributed by atoms with Gasteiger partial charge in [0.25, 0.3) is 0 Å². The second-order valence-corrected chi connectivity index (χ2v) is 8.20. The quantitative estimate of drug-likeness (QED) is 0.602. The maximum absolute atomic E-state index is 12.5. The maximum Gasteiger partial charge on any atom is 0.223 e. The van der Waals surface area contributed by atoms with E-state index in [0.717, 1.165) is 61.8 Å². The van der Waals surface area contributed by atoms with Gasteiger partial charge in [-0.15, -0.1) is 0 Å². The molecule has 0 unspecified atom stereocenters. The highest BCUT2D eigenvalue weighted by Crippen LogP contribution is 2.28. The molecule has 2 aromatic rings. The number of halogens is 1. The highest BCUT2D eigenvalue weighted by molar-refractivity contribution is 6.30. The van der Waals surface area contributed by atoms with Gasteiger partial charge in [-0.1, -0.05) is 29.8 Å². The van der Waals surface area contributed by atoms with Crippen LogP contribution < -0.4 is 14.8 Å². The number of amides is 1. The minimum Gasteiger partial charge on any atom is -0.493 e. The van der Waals surface area contributed by atoms with Crippen LogP contribution in [0.5, 0.6) is 11.5 Å². The van der Waals surface area contributed by atoms with E-state index in [4.69, 9.17) is 21.1 Å². The zero-order valence-electron chi connectivity index (χ0n) is 17.8. The minimum atomic E-state index is 0.113. The molecular formula is C24H31ClN2O3. The van der Waals surface area contributed by atoms with Gasteiger partial charge in [-0.05, 0) is 74.2 Å². The number of nitrogens with zero attached hydrogens (tertiary/aromatic N) is 1. The van der Waals surface area contributed by atoms with E-state index in [-0.39, 0.29) is 11.8 Å². The number of likely N-dealkylation sites (tertiary alicyclic amines) is 1. The normalized spacial score (nSPS) is 15.0. The first-order valence-corrected chi connectivity index (χ1v) is 10.9. The second-order valence-electron chi connectivity index (χ2n) is 7.76. The SMILES string of the molecule is COc1ccc(CCCNC(=O)C2CCN(Cc3cccc(Cl)c3)CC2)cc1OC. The number of piperidine rings is 1. The summed E-state index contributed by atoms with van der Waals surface area (Å²) in [5.41, 5.74) is 2.40. The molecule has 0 spiro atoms. The zero-order chi connectivity index (χ0) is 21.3. The Morgan fingerprint density at radius 2 is 1.83 bits per heavy atom. The molecule has 1 fully saturated rings. The molecule has 0 atom stereocenters. The Kier molecular flexibility index (Phi) is 8.40. The van der Waals surface area contributed by atoms with Crippen LogP contribution in [-0.4, -0.2) is 44.7 Å². The molecular weight excluding hydrogens is 400 g/mol. The van der Waals surface area contributed by atoms with Crippen LogP contribution in [0.3, 0.4) is 0 Å². The molecule has 1 N–H and O–H groups in total. The highest BCUT2D eigenvalue weighted by atomic mass is 35.5. The van der Waals surface area contributed by atoms with Crippen molar-refractivity contribution in [2.24, 2.45) is 5.92 Å². The van der Waals surface area contributed by atoms with E-state index in [2.05, 4.69) is 16.3 Å². The van der Waals surface area contributed by atoms with Crippen LogP contribution in [-0.2, 0) is 17.8 Å². The van der Waals surface area contributed by atoms with E-state index >= 15 is 0 Å². The molecule has 1 aliphatic heterocycles. The number of carbonyl (C=O) groups is 1. The molecule has 0 aromatic heterocycles. The van der Waals surface area contributed by atoms with E-state index < -0.39 is 0 Å². The summed E-state index contributed by atoms with van der Waals surface area (Å²) in [4.78, 5) is 14.9. The smallest absolute Gasteiger partial charge is 0.223 e. The summed E-state index contributed by atoms with van der Waals surface area (Å²) < 4.78 is 10.6. The van der Waals surface area contributed by atoms with Crippen molar-refractivity contribution in [3.8, 4) is 11.5 Å². The summed E-state index contributed by atoms with van der Waals surface area (Å²) in [6, 6.07) is 14.0. The fourth-order valence-corrected chi connectivity index (χ4v) is 4.14. The zero-order valence-corrected chi connectivity index (χ0v) is 18.6. The standard InChI is InChI=1S/C24H31ClN2O3/c1-29-22-9-8-18(16-23(22)30-2)6-4-12-26-24(28)20-10-13-27(14-11-20)17-19-5-3-7-21(25)15-19/h3,5,7-9,15-16,20H,4,6,10-14,17H2,1-2H3,(H,26,28). The molecule has 6 heteroatoms. The maximum atomic E-state index is 12.5. The summed E-state index contributed by atoms with van der Waals surface area (Å²) in [6.45, 7) is 3.46. The van der Waals surface area contributed by atoms with Crippen LogP contribution in [0, 0.1) is 5.92 Å². The Labute approximate surface area is 184 Å². The van der Waals surface area contributed by atoms with Gasteiger partial charge in [0.1, 0.15) is 0 Å². The van der Waals surface area contributed by atoms with Crippen molar-refractivity contribution in [3.63, 3.8) is 0 Å². The molecule has 0 radical (unpaired) electrons. The molecule has 1 amide bonds. The third-order valence-corrected chi connectivity index (χ3v) is 5.88.